The molecular weight excluding hydrogens is 316 g/mol. The monoisotopic (exact) mass is 338 g/mol. The summed E-state index contributed by atoms with van der Waals surface area (Å²) in [4.78, 5) is 12.2. The number of piperidine rings is 1. The van der Waals surface area contributed by atoms with Gasteiger partial charge in [-0.15, -0.1) is 0 Å². The van der Waals surface area contributed by atoms with Gasteiger partial charge in [0.15, 0.2) is 0 Å². The molecule has 2 N–H and O–H groups in total. The third kappa shape index (κ3) is 4.32. The fraction of sp³-hybridized carbons (Fsp3) is 0.562. The van der Waals surface area contributed by atoms with E-state index in [1.54, 1.807) is 0 Å². The van der Waals surface area contributed by atoms with Gasteiger partial charge in [-0.1, -0.05) is 22.9 Å². The molecule has 1 aliphatic rings. The summed E-state index contributed by atoms with van der Waals surface area (Å²) in [6, 6.07) is 5.92. The number of benzene rings is 1. The van der Waals surface area contributed by atoms with Gasteiger partial charge in [0, 0.05) is 16.6 Å². The molecule has 2 atom stereocenters. The molecule has 1 aromatic rings. The summed E-state index contributed by atoms with van der Waals surface area (Å²) in [6.45, 7) is 6.36. The highest BCUT2D eigenvalue weighted by Crippen LogP contribution is 2.24. The molecule has 0 radical (unpaired) electrons. The lowest BCUT2D eigenvalue weighted by molar-refractivity contribution is -0.117. The van der Waals surface area contributed by atoms with Crippen molar-refractivity contribution >= 4 is 27.5 Å². The molecule has 0 saturated carbocycles. The number of amides is 1. The second-order valence-electron chi connectivity index (χ2n) is 5.80. The van der Waals surface area contributed by atoms with Gasteiger partial charge in [0.1, 0.15) is 0 Å². The first-order chi connectivity index (χ1) is 9.56. The lowest BCUT2D eigenvalue weighted by atomic mass is 9.85. The van der Waals surface area contributed by atoms with E-state index < -0.39 is 0 Å². The SMILES string of the molecule is Cc1cc(Br)ccc1NC(=O)CC(C)C1CCCNC1. The lowest BCUT2D eigenvalue weighted by Gasteiger charge is -2.28. The Morgan fingerprint density at radius 1 is 1.55 bits per heavy atom. The number of nitrogens with one attached hydrogen (secondary N) is 2. The first-order valence-corrected chi connectivity index (χ1v) is 8.12. The van der Waals surface area contributed by atoms with Crippen LogP contribution in [0, 0.1) is 18.8 Å². The normalized spacial score (nSPS) is 20.4. The number of carbonyl (C=O) groups excluding carboxylic acids is 1. The number of rotatable bonds is 4. The van der Waals surface area contributed by atoms with Crippen LogP contribution in [0.15, 0.2) is 22.7 Å². The van der Waals surface area contributed by atoms with Crippen LogP contribution in [-0.4, -0.2) is 19.0 Å². The van der Waals surface area contributed by atoms with E-state index in [9.17, 15) is 4.79 Å². The highest BCUT2D eigenvalue weighted by atomic mass is 79.9. The molecule has 3 nitrogen and oxygen atoms in total. The summed E-state index contributed by atoms with van der Waals surface area (Å²) in [5, 5.41) is 6.44. The van der Waals surface area contributed by atoms with Crippen molar-refractivity contribution < 1.29 is 4.79 Å². The van der Waals surface area contributed by atoms with Gasteiger partial charge in [-0.3, -0.25) is 4.79 Å². The molecule has 0 bridgehead atoms. The maximum atomic E-state index is 12.2. The molecule has 1 aromatic carbocycles. The molecule has 2 unspecified atom stereocenters. The van der Waals surface area contributed by atoms with E-state index in [-0.39, 0.29) is 5.91 Å². The van der Waals surface area contributed by atoms with Crippen molar-refractivity contribution in [3.05, 3.63) is 28.2 Å². The van der Waals surface area contributed by atoms with Gasteiger partial charge in [0.2, 0.25) is 5.91 Å². The van der Waals surface area contributed by atoms with E-state index in [1.807, 2.05) is 25.1 Å². The predicted molar refractivity (Wildman–Crippen MR) is 86.9 cm³/mol. The topological polar surface area (TPSA) is 41.1 Å². The zero-order valence-electron chi connectivity index (χ0n) is 12.2. The molecule has 110 valence electrons. The molecule has 2 rings (SSSR count). The fourth-order valence-electron chi connectivity index (χ4n) is 2.79. The van der Waals surface area contributed by atoms with Crippen molar-refractivity contribution in [1.29, 1.82) is 0 Å². The van der Waals surface area contributed by atoms with Crippen molar-refractivity contribution in [2.75, 3.05) is 18.4 Å². The van der Waals surface area contributed by atoms with Gasteiger partial charge in [0.05, 0.1) is 0 Å². The Hall–Kier alpha value is -0.870. The van der Waals surface area contributed by atoms with E-state index in [4.69, 9.17) is 0 Å². The average Bonchev–Trinajstić information content (AvgIpc) is 2.43. The summed E-state index contributed by atoms with van der Waals surface area (Å²) >= 11 is 3.44. The molecule has 1 saturated heterocycles. The van der Waals surface area contributed by atoms with Crippen molar-refractivity contribution in [1.82, 2.24) is 5.32 Å². The van der Waals surface area contributed by atoms with Crippen LogP contribution in [0.3, 0.4) is 0 Å². The highest BCUT2D eigenvalue weighted by Gasteiger charge is 2.22. The van der Waals surface area contributed by atoms with Crippen LogP contribution < -0.4 is 10.6 Å². The maximum absolute atomic E-state index is 12.2. The zero-order valence-corrected chi connectivity index (χ0v) is 13.8. The molecule has 1 fully saturated rings. The van der Waals surface area contributed by atoms with Gasteiger partial charge in [-0.2, -0.15) is 0 Å². The Kier molecular flexibility index (Phi) is 5.61. The van der Waals surface area contributed by atoms with Gasteiger partial charge in [0.25, 0.3) is 0 Å². The van der Waals surface area contributed by atoms with Gasteiger partial charge < -0.3 is 10.6 Å². The summed E-state index contributed by atoms with van der Waals surface area (Å²) in [7, 11) is 0. The smallest absolute Gasteiger partial charge is 0.224 e. The first kappa shape index (κ1) is 15.5. The number of carbonyl (C=O) groups is 1. The van der Waals surface area contributed by atoms with Crippen LogP contribution in [0.1, 0.15) is 31.7 Å². The van der Waals surface area contributed by atoms with E-state index in [0.717, 1.165) is 28.8 Å². The average molecular weight is 339 g/mol. The number of aryl methyl sites for hydroxylation is 1. The number of halogens is 1. The standard InChI is InChI=1S/C16H23BrN2O/c1-11(13-4-3-7-18-10-13)9-16(20)19-15-6-5-14(17)8-12(15)2/h5-6,8,11,13,18H,3-4,7,9-10H2,1-2H3,(H,19,20). The molecule has 4 heteroatoms. The molecule has 0 aromatic heterocycles. The van der Waals surface area contributed by atoms with Gasteiger partial charge in [-0.05, 0) is 68.5 Å². The van der Waals surface area contributed by atoms with Gasteiger partial charge in [-0.25, -0.2) is 0 Å². The Morgan fingerprint density at radius 3 is 3.00 bits per heavy atom. The minimum absolute atomic E-state index is 0.119. The minimum atomic E-state index is 0.119. The Morgan fingerprint density at radius 2 is 2.35 bits per heavy atom. The highest BCUT2D eigenvalue weighted by molar-refractivity contribution is 9.10. The first-order valence-electron chi connectivity index (χ1n) is 7.33. The second kappa shape index (κ2) is 7.23. The Bertz CT molecular complexity index is 470. The molecule has 1 amide bonds. The van der Waals surface area contributed by atoms with Crippen molar-refractivity contribution in [3.63, 3.8) is 0 Å². The van der Waals surface area contributed by atoms with E-state index in [2.05, 4.69) is 33.5 Å². The Labute approximate surface area is 129 Å². The van der Waals surface area contributed by atoms with E-state index in [0.29, 0.717) is 18.3 Å². The third-order valence-corrected chi connectivity index (χ3v) is 4.60. The number of hydrogen-bond donors (Lipinski definition) is 2. The largest absolute Gasteiger partial charge is 0.326 e. The van der Waals surface area contributed by atoms with Crippen LogP contribution in [0.2, 0.25) is 0 Å². The van der Waals surface area contributed by atoms with Crippen molar-refractivity contribution in [2.24, 2.45) is 11.8 Å². The van der Waals surface area contributed by atoms with E-state index >= 15 is 0 Å². The molecule has 20 heavy (non-hydrogen) atoms. The third-order valence-electron chi connectivity index (χ3n) is 4.11. The van der Waals surface area contributed by atoms with Crippen LogP contribution in [0.25, 0.3) is 0 Å². The fourth-order valence-corrected chi connectivity index (χ4v) is 3.27. The number of anilines is 1. The predicted octanol–water partition coefficient (Wildman–Crippen LogP) is 3.72. The zero-order chi connectivity index (χ0) is 14.5. The summed E-state index contributed by atoms with van der Waals surface area (Å²) in [6.07, 6.45) is 3.06. The summed E-state index contributed by atoms with van der Waals surface area (Å²) in [5.74, 6) is 1.17. The Balaban J connectivity index is 1.88. The maximum Gasteiger partial charge on any atom is 0.224 e. The molecule has 1 heterocycles. The van der Waals surface area contributed by atoms with Crippen LogP contribution in [-0.2, 0) is 4.79 Å². The molecule has 0 aliphatic carbocycles. The summed E-state index contributed by atoms with van der Waals surface area (Å²) in [5.41, 5.74) is 1.99. The molecule has 0 spiro atoms. The summed E-state index contributed by atoms with van der Waals surface area (Å²) < 4.78 is 1.04. The number of hydrogen-bond acceptors (Lipinski definition) is 2. The van der Waals surface area contributed by atoms with E-state index in [1.165, 1.54) is 12.8 Å². The second-order valence-corrected chi connectivity index (χ2v) is 6.71. The van der Waals surface area contributed by atoms with Gasteiger partial charge >= 0.3 is 0 Å². The molecule has 1 aliphatic heterocycles. The van der Waals surface area contributed by atoms with Crippen LogP contribution in [0.4, 0.5) is 5.69 Å². The minimum Gasteiger partial charge on any atom is -0.326 e. The van der Waals surface area contributed by atoms with Crippen LogP contribution in [0.5, 0.6) is 0 Å². The van der Waals surface area contributed by atoms with Crippen LogP contribution >= 0.6 is 15.9 Å². The lowest BCUT2D eigenvalue weighted by Crippen LogP contribution is -2.34. The van der Waals surface area contributed by atoms with Crippen molar-refractivity contribution in [3.8, 4) is 0 Å². The quantitative estimate of drug-likeness (QED) is 0.878. The van der Waals surface area contributed by atoms with Crippen molar-refractivity contribution in [2.45, 2.75) is 33.1 Å². The molecular formula is C16H23BrN2O.